The maximum Gasteiger partial charge on any atom is 0.322 e. The summed E-state index contributed by atoms with van der Waals surface area (Å²) in [5, 5.41) is 14.6. The van der Waals surface area contributed by atoms with Gasteiger partial charge in [-0.15, -0.1) is 0 Å². The molecule has 1 aromatic rings. The highest BCUT2D eigenvalue weighted by Crippen LogP contribution is 2.21. The molecule has 96 valence electrons. The molecule has 17 heavy (non-hydrogen) atoms. The number of aliphatic carboxylic acids is 1. The van der Waals surface area contributed by atoms with Gasteiger partial charge in [0.25, 0.3) is 10.0 Å². The Morgan fingerprint density at radius 2 is 2.12 bits per heavy atom. The first-order chi connectivity index (χ1) is 7.64. The summed E-state index contributed by atoms with van der Waals surface area (Å²) >= 11 is 0. The molecule has 0 unspecified atom stereocenters. The zero-order valence-corrected chi connectivity index (χ0v) is 10.6. The molecule has 1 rings (SSSR count). The van der Waals surface area contributed by atoms with Crippen LogP contribution < -0.4 is 4.72 Å². The van der Waals surface area contributed by atoms with E-state index >= 15 is 0 Å². The molecular formula is C9H15N3O4S. The van der Waals surface area contributed by atoms with Gasteiger partial charge < -0.3 is 5.11 Å². The summed E-state index contributed by atoms with van der Waals surface area (Å²) in [5.74, 6) is -1.22. The standard InChI is InChI=1S/C9H15N3O4S/c1-9(2,3)7(8(13)14)12-17(15,16)6-4-5-10-11-6/h4-5,7,12H,1-3H3,(H,10,11)(H,13,14)/t7-/m1/s1. The molecule has 0 aromatic carbocycles. The van der Waals surface area contributed by atoms with Gasteiger partial charge in [0.2, 0.25) is 0 Å². The molecule has 1 aromatic heterocycles. The van der Waals surface area contributed by atoms with Gasteiger partial charge in [-0.2, -0.15) is 9.82 Å². The number of nitrogens with zero attached hydrogens (tertiary/aromatic N) is 1. The van der Waals surface area contributed by atoms with Crippen molar-refractivity contribution in [1.82, 2.24) is 14.9 Å². The van der Waals surface area contributed by atoms with Crippen LogP contribution in [0.15, 0.2) is 17.3 Å². The highest BCUT2D eigenvalue weighted by Gasteiger charge is 2.35. The summed E-state index contributed by atoms with van der Waals surface area (Å²) in [6, 6.07) is 0.0417. The van der Waals surface area contributed by atoms with E-state index in [1.54, 1.807) is 20.8 Å². The fraction of sp³-hybridized carbons (Fsp3) is 0.556. The molecule has 0 bridgehead atoms. The molecule has 0 amide bonds. The number of carboxylic acids is 1. The predicted molar refractivity (Wildman–Crippen MR) is 59.8 cm³/mol. The third-order valence-electron chi connectivity index (χ3n) is 2.15. The molecule has 0 radical (unpaired) electrons. The van der Waals surface area contributed by atoms with Gasteiger partial charge in [0.05, 0.1) is 6.20 Å². The van der Waals surface area contributed by atoms with Gasteiger partial charge in [-0.05, 0) is 11.5 Å². The minimum absolute atomic E-state index is 0.159. The second kappa shape index (κ2) is 4.46. The first-order valence-corrected chi connectivity index (χ1v) is 6.37. The van der Waals surface area contributed by atoms with E-state index in [0.29, 0.717) is 0 Å². The van der Waals surface area contributed by atoms with Crippen molar-refractivity contribution in [3.63, 3.8) is 0 Å². The Balaban J connectivity index is 3.01. The topological polar surface area (TPSA) is 112 Å². The maximum atomic E-state index is 11.8. The van der Waals surface area contributed by atoms with Crippen LogP contribution in [0.5, 0.6) is 0 Å². The number of carboxylic acid groups (broad SMARTS) is 1. The SMILES string of the molecule is CC(C)(C)[C@H](NS(=O)(=O)c1ccn[nH]1)C(=O)O. The summed E-state index contributed by atoms with van der Waals surface area (Å²) in [6.07, 6.45) is 1.28. The monoisotopic (exact) mass is 261 g/mol. The molecule has 3 N–H and O–H groups in total. The Kier molecular flexibility index (Phi) is 3.58. The lowest BCUT2D eigenvalue weighted by molar-refractivity contribution is -0.141. The second-order valence-electron chi connectivity index (χ2n) is 4.68. The van der Waals surface area contributed by atoms with E-state index in [-0.39, 0.29) is 5.03 Å². The van der Waals surface area contributed by atoms with Crippen molar-refractivity contribution in [2.24, 2.45) is 5.41 Å². The zero-order valence-electron chi connectivity index (χ0n) is 9.76. The average molecular weight is 261 g/mol. The smallest absolute Gasteiger partial charge is 0.322 e. The molecular weight excluding hydrogens is 246 g/mol. The van der Waals surface area contributed by atoms with E-state index in [2.05, 4.69) is 14.9 Å². The van der Waals surface area contributed by atoms with E-state index in [1.807, 2.05) is 0 Å². The molecule has 0 saturated carbocycles. The maximum absolute atomic E-state index is 11.8. The second-order valence-corrected chi connectivity index (χ2v) is 6.36. The van der Waals surface area contributed by atoms with Crippen LogP contribution in [-0.4, -0.2) is 35.7 Å². The van der Waals surface area contributed by atoms with E-state index in [1.165, 1.54) is 12.3 Å². The van der Waals surface area contributed by atoms with E-state index in [0.717, 1.165) is 0 Å². The number of hydrogen-bond donors (Lipinski definition) is 3. The van der Waals surface area contributed by atoms with Crippen LogP contribution >= 0.6 is 0 Å². The fourth-order valence-electron chi connectivity index (χ4n) is 1.21. The number of rotatable bonds is 4. The minimum atomic E-state index is -3.89. The van der Waals surface area contributed by atoms with Crippen LogP contribution in [0, 0.1) is 5.41 Å². The summed E-state index contributed by atoms with van der Waals surface area (Å²) in [5.41, 5.74) is -0.737. The average Bonchev–Trinajstić information content (AvgIpc) is 2.65. The Labute approximate surface area is 99.3 Å². The van der Waals surface area contributed by atoms with E-state index < -0.39 is 27.4 Å². The summed E-state index contributed by atoms with van der Waals surface area (Å²) < 4.78 is 25.8. The molecule has 0 aliphatic heterocycles. The van der Waals surface area contributed by atoms with Crippen LogP contribution in [0.2, 0.25) is 0 Å². The largest absolute Gasteiger partial charge is 0.480 e. The van der Waals surface area contributed by atoms with Crippen molar-refractivity contribution in [2.45, 2.75) is 31.8 Å². The van der Waals surface area contributed by atoms with Gasteiger partial charge in [0.15, 0.2) is 5.03 Å². The van der Waals surface area contributed by atoms with E-state index in [4.69, 9.17) is 5.11 Å². The Bertz CT molecular complexity index is 487. The zero-order chi connectivity index (χ0) is 13.3. The van der Waals surface area contributed by atoms with Crippen molar-refractivity contribution in [2.75, 3.05) is 0 Å². The third kappa shape index (κ3) is 3.27. The normalized spacial score (nSPS) is 14.5. The molecule has 8 heteroatoms. The molecule has 7 nitrogen and oxygen atoms in total. The molecule has 0 fully saturated rings. The molecule has 0 aliphatic carbocycles. The molecule has 1 atom stereocenters. The van der Waals surface area contributed by atoms with Crippen LogP contribution in [-0.2, 0) is 14.8 Å². The van der Waals surface area contributed by atoms with Crippen molar-refractivity contribution in [3.05, 3.63) is 12.3 Å². The van der Waals surface area contributed by atoms with Crippen LogP contribution in [0.4, 0.5) is 0 Å². The Morgan fingerprint density at radius 3 is 2.47 bits per heavy atom. The van der Waals surface area contributed by atoms with Gasteiger partial charge in [0, 0.05) is 0 Å². The fourth-order valence-corrected chi connectivity index (χ4v) is 2.51. The lowest BCUT2D eigenvalue weighted by Crippen LogP contribution is -2.49. The number of carbonyl (C=O) groups is 1. The summed E-state index contributed by atoms with van der Waals surface area (Å²) in [7, 11) is -3.89. The highest BCUT2D eigenvalue weighted by molar-refractivity contribution is 7.89. The lowest BCUT2D eigenvalue weighted by Gasteiger charge is -2.27. The Morgan fingerprint density at radius 1 is 1.53 bits per heavy atom. The number of H-pyrrole nitrogens is 1. The molecule has 1 heterocycles. The van der Waals surface area contributed by atoms with Crippen LogP contribution in [0.1, 0.15) is 20.8 Å². The number of aromatic nitrogens is 2. The van der Waals surface area contributed by atoms with Crippen molar-refractivity contribution < 1.29 is 18.3 Å². The van der Waals surface area contributed by atoms with Crippen molar-refractivity contribution in [1.29, 1.82) is 0 Å². The van der Waals surface area contributed by atoms with Gasteiger partial charge in [-0.1, -0.05) is 20.8 Å². The summed E-state index contributed by atoms with van der Waals surface area (Å²) in [6.45, 7) is 4.92. The molecule has 0 spiro atoms. The van der Waals surface area contributed by atoms with Gasteiger partial charge in [0.1, 0.15) is 6.04 Å². The first kappa shape index (κ1) is 13.7. The predicted octanol–water partition coefficient (Wildman–Crippen LogP) is 0.187. The van der Waals surface area contributed by atoms with Crippen molar-refractivity contribution >= 4 is 16.0 Å². The lowest BCUT2D eigenvalue weighted by atomic mass is 9.88. The minimum Gasteiger partial charge on any atom is -0.480 e. The van der Waals surface area contributed by atoms with Gasteiger partial charge in [-0.3, -0.25) is 9.89 Å². The third-order valence-corrected chi connectivity index (χ3v) is 3.50. The van der Waals surface area contributed by atoms with Crippen LogP contribution in [0.25, 0.3) is 0 Å². The number of hydrogen-bond acceptors (Lipinski definition) is 4. The number of sulfonamides is 1. The quantitative estimate of drug-likeness (QED) is 0.716. The number of aromatic amines is 1. The molecule has 0 aliphatic rings. The van der Waals surface area contributed by atoms with Gasteiger partial charge >= 0.3 is 5.97 Å². The highest BCUT2D eigenvalue weighted by atomic mass is 32.2. The van der Waals surface area contributed by atoms with Gasteiger partial charge in [-0.25, -0.2) is 8.42 Å². The Hall–Kier alpha value is -1.41. The first-order valence-electron chi connectivity index (χ1n) is 4.89. The van der Waals surface area contributed by atoms with Crippen molar-refractivity contribution in [3.8, 4) is 0 Å². The molecule has 0 saturated heterocycles. The van der Waals surface area contributed by atoms with Crippen LogP contribution in [0.3, 0.4) is 0 Å². The van der Waals surface area contributed by atoms with E-state index in [9.17, 15) is 13.2 Å². The summed E-state index contributed by atoms with van der Waals surface area (Å²) in [4.78, 5) is 11.0. The number of nitrogens with one attached hydrogen (secondary N) is 2.